The van der Waals surface area contributed by atoms with Crippen molar-refractivity contribution in [2.24, 2.45) is 10.9 Å². The molecule has 6 heteroatoms. The minimum absolute atomic E-state index is 0.133. The summed E-state index contributed by atoms with van der Waals surface area (Å²) in [6.07, 6.45) is 2.87. The van der Waals surface area contributed by atoms with E-state index in [4.69, 9.17) is 11.6 Å². The van der Waals surface area contributed by atoms with Crippen LogP contribution in [0.15, 0.2) is 59.6 Å². The van der Waals surface area contributed by atoms with Crippen molar-refractivity contribution in [3.8, 4) is 0 Å². The second kappa shape index (κ2) is 9.51. The first kappa shape index (κ1) is 20.1. The summed E-state index contributed by atoms with van der Waals surface area (Å²) in [7, 11) is 0. The Morgan fingerprint density at radius 2 is 1.93 bits per heavy atom. The molecule has 0 saturated carbocycles. The largest absolute Gasteiger partial charge is 0.355 e. The number of halogens is 1. The van der Waals surface area contributed by atoms with E-state index >= 15 is 0 Å². The van der Waals surface area contributed by atoms with Crippen molar-refractivity contribution in [3.05, 3.63) is 70.7 Å². The highest BCUT2D eigenvalue weighted by Gasteiger charge is 2.36. The van der Waals surface area contributed by atoms with E-state index in [1.54, 1.807) is 19.1 Å². The molecule has 0 aliphatic carbocycles. The van der Waals surface area contributed by atoms with Crippen LogP contribution in [0.1, 0.15) is 36.9 Å². The summed E-state index contributed by atoms with van der Waals surface area (Å²) >= 11 is 6.09. The van der Waals surface area contributed by atoms with E-state index in [2.05, 4.69) is 27.8 Å². The summed E-state index contributed by atoms with van der Waals surface area (Å²) in [4.78, 5) is 28.7. The number of amides is 3. The summed E-state index contributed by atoms with van der Waals surface area (Å²) in [5, 5.41) is 6.35. The van der Waals surface area contributed by atoms with Gasteiger partial charge in [-0.1, -0.05) is 54.1 Å². The fraction of sp³-hybridized carbons (Fsp3) is 0.318. The van der Waals surface area contributed by atoms with Crippen molar-refractivity contribution >= 4 is 29.3 Å². The molecule has 0 aromatic heterocycles. The van der Waals surface area contributed by atoms with E-state index in [0.29, 0.717) is 17.3 Å². The first-order chi connectivity index (χ1) is 13.5. The Morgan fingerprint density at radius 1 is 1.14 bits per heavy atom. The SMILES string of the molecule is CC1=NC(=O)NC(c2cccc(Cl)c2)C1C(=O)NCCCCc1ccccc1. The molecule has 0 radical (unpaired) electrons. The maximum atomic E-state index is 12.8. The minimum atomic E-state index is -0.551. The van der Waals surface area contributed by atoms with E-state index in [0.717, 1.165) is 24.8 Å². The third-order valence-electron chi connectivity index (χ3n) is 4.86. The Morgan fingerprint density at radius 3 is 2.68 bits per heavy atom. The van der Waals surface area contributed by atoms with Crippen LogP contribution in [0.25, 0.3) is 0 Å². The topological polar surface area (TPSA) is 70.6 Å². The number of urea groups is 1. The lowest BCUT2D eigenvalue weighted by Gasteiger charge is -2.30. The number of rotatable bonds is 7. The number of benzene rings is 2. The van der Waals surface area contributed by atoms with Gasteiger partial charge in [0.25, 0.3) is 0 Å². The van der Waals surface area contributed by atoms with Gasteiger partial charge in [-0.05, 0) is 49.4 Å². The molecule has 2 N–H and O–H groups in total. The Labute approximate surface area is 170 Å². The number of nitrogens with one attached hydrogen (secondary N) is 2. The molecule has 1 heterocycles. The van der Waals surface area contributed by atoms with Crippen LogP contribution in [0.3, 0.4) is 0 Å². The molecule has 3 rings (SSSR count). The van der Waals surface area contributed by atoms with Crippen LogP contribution in [0.4, 0.5) is 4.79 Å². The predicted octanol–water partition coefficient (Wildman–Crippen LogP) is 4.32. The summed E-state index contributed by atoms with van der Waals surface area (Å²) in [6, 6.07) is 16.6. The highest BCUT2D eigenvalue weighted by Crippen LogP contribution is 2.28. The number of carbonyl (C=O) groups excluding carboxylic acids is 2. The zero-order valence-electron chi connectivity index (χ0n) is 15.8. The Hall–Kier alpha value is -2.66. The molecule has 1 aliphatic heterocycles. The molecule has 28 heavy (non-hydrogen) atoms. The zero-order valence-corrected chi connectivity index (χ0v) is 16.6. The number of unbranched alkanes of at least 4 members (excludes halogenated alkanes) is 1. The van der Waals surface area contributed by atoms with Crippen LogP contribution >= 0.6 is 11.6 Å². The van der Waals surface area contributed by atoms with Crippen molar-refractivity contribution in [2.75, 3.05) is 6.54 Å². The number of nitrogens with zero attached hydrogens (tertiary/aromatic N) is 1. The van der Waals surface area contributed by atoms with Gasteiger partial charge in [-0.3, -0.25) is 4.79 Å². The fourth-order valence-corrected chi connectivity index (χ4v) is 3.66. The molecule has 2 aromatic carbocycles. The lowest BCUT2D eigenvalue weighted by Crippen LogP contribution is -2.47. The van der Waals surface area contributed by atoms with Gasteiger partial charge in [0, 0.05) is 17.3 Å². The van der Waals surface area contributed by atoms with Crippen LogP contribution in [-0.4, -0.2) is 24.2 Å². The first-order valence-electron chi connectivity index (χ1n) is 9.47. The number of hydrogen-bond acceptors (Lipinski definition) is 2. The van der Waals surface area contributed by atoms with E-state index in [-0.39, 0.29) is 5.91 Å². The monoisotopic (exact) mass is 397 g/mol. The average Bonchev–Trinajstić information content (AvgIpc) is 2.67. The maximum absolute atomic E-state index is 12.8. The van der Waals surface area contributed by atoms with Gasteiger partial charge in [0.15, 0.2) is 0 Å². The molecule has 1 aliphatic rings. The smallest absolute Gasteiger partial charge is 0.341 e. The number of aryl methyl sites for hydroxylation is 1. The van der Waals surface area contributed by atoms with Gasteiger partial charge in [0.05, 0.1) is 6.04 Å². The predicted molar refractivity (Wildman–Crippen MR) is 112 cm³/mol. The average molecular weight is 398 g/mol. The van der Waals surface area contributed by atoms with Gasteiger partial charge in [0.2, 0.25) is 5.91 Å². The molecule has 2 atom stereocenters. The van der Waals surface area contributed by atoms with E-state index in [1.807, 2.05) is 30.3 Å². The van der Waals surface area contributed by atoms with Gasteiger partial charge in [-0.2, -0.15) is 0 Å². The van der Waals surface area contributed by atoms with Crippen molar-refractivity contribution in [3.63, 3.8) is 0 Å². The fourth-order valence-electron chi connectivity index (χ4n) is 3.46. The molecule has 0 fully saturated rings. The second-order valence-corrected chi connectivity index (χ2v) is 7.38. The van der Waals surface area contributed by atoms with Gasteiger partial charge in [-0.25, -0.2) is 9.79 Å². The molecule has 3 amide bonds. The quantitative estimate of drug-likeness (QED) is 0.683. The van der Waals surface area contributed by atoms with Crippen LogP contribution in [-0.2, 0) is 11.2 Å². The highest BCUT2D eigenvalue weighted by molar-refractivity contribution is 6.30. The third kappa shape index (κ3) is 5.20. The molecular formula is C22H24ClN3O2. The van der Waals surface area contributed by atoms with Gasteiger partial charge < -0.3 is 10.6 Å². The Bertz CT molecular complexity index is 867. The molecule has 0 spiro atoms. The molecule has 5 nitrogen and oxygen atoms in total. The highest BCUT2D eigenvalue weighted by atomic mass is 35.5. The zero-order chi connectivity index (χ0) is 19.9. The van der Waals surface area contributed by atoms with Gasteiger partial charge in [0.1, 0.15) is 5.92 Å². The maximum Gasteiger partial charge on any atom is 0.341 e. The Balaban J connectivity index is 1.59. The lowest BCUT2D eigenvalue weighted by atomic mass is 9.87. The number of aliphatic imine (C=N–C) groups is 1. The third-order valence-corrected chi connectivity index (χ3v) is 5.10. The van der Waals surface area contributed by atoms with Crippen LogP contribution in [0.2, 0.25) is 5.02 Å². The van der Waals surface area contributed by atoms with E-state index in [9.17, 15) is 9.59 Å². The van der Waals surface area contributed by atoms with Crippen molar-refractivity contribution in [1.29, 1.82) is 0 Å². The number of hydrogen-bond donors (Lipinski definition) is 2. The molecule has 146 valence electrons. The normalized spacial score (nSPS) is 18.9. The first-order valence-corrected chi connectivity index (χ1v) is 9.85. The summed E-state index contributed by atoms with van der Waals surface area (Å²) < 4.78 is 0. The van der Waals surface area contributed by atoms with Crippen molar-refractivity contribution in [1.82, 2.24) is 10.6 Å². The Kier molecular flexibility index (Phi) is 6.82. The van der Waals surface area contributed by atoms with Crippen molar-refractivity contribution < 1.29 is 9.59 Å². The summed E-state index contributed by atoms with van der Waals surface area (Å²) in [5.74, 6) is -0.684. The molecule has 0 saturated heterocycles. The number of carbonyl (C=O) groups is 2. The second-order valence-electron chi connectivity index (χ2n) is 6.95. The lowest BCUT2D eigenvalue weighted by molar-refractivity contribution is -0.123. The molecule has 2 unspecified atom stereocenters. The molecular weight excluding hydrogens is 374 g/mol. The minimum Gasteiger partial charge on any atom is -0.355 e. The van der Waals surface area contributed by atoms with Crippen LogP contribution in [0, 0.1) is 5.92 Å². The standard InChI is InChI=1S/C22H24ClN3O2/c1-15-19(20(26-22(28)25-15)17-11-7-12-18(23)14-17)21(27)24-13-6-5-10-16-8-3-2-4-9-16/h2-4,7-9,11-12,14,19-20H,5-6,10,13H2,1H3,(H,24,27)(H,26,28). The molecule has 2 aromatic rings. The summed E-state index contributed by atoms with van der Waals surface area (Å²) in [5.41, 5.74) is 2.60. The summed E-state index contributed by atoms with van der Waals surface area (Å²) in [6.45, 7) is 2.31. The van der Waals surface area contributed by atoms with Crippen molar-refractivity contribution in [2.45, 2.75) is 32.2 Å². The van der Waals surface area contributed by atoms with E-state index in [1.165, 1.54) is 5.56 Å². The van der Waals surface area contributed by atoms with Gasteiger partial charge >= 0.3 is 6.03 Å². The molecule has 0 bridgehead atoms. The van der Waals surface area contributed by atoms with Crippen LogP contribution < -0.4 is 10.6 Å². The van der Waals surface area contributed by atoms with E-state index < -0.39 is 18.0 Å². The van der Waals surface area contributed by atoms with Crippen LogP contribution in [0.5, 0.6) is 0 Å². The van der Waals surface area contributed by atoms with Gasteiger partial charge in [-0.15, -0.1) is 0 Å².